The van der Waals surface area contributed by atoms with Crippen LogP contribution in [0.4, 0.5) is 0 Å². The van der Waals surface area contributed by atoms with Crippen LogP contribution in [0.1, 0.15) is 30.7 Å². The number of aromatic nitrogens is 3. The summed E-state index contributed by atoms with van der Waals surface area (Å²) in [7, 11) is 1.49. The van der Waals surface area contributed by atoms with Crippen LogP contribution in [-0.2, 0) is 17.8 Å². The van der Waals surface area contributed by atoms with E-state index in [0.717, 1.165) is 24.8 Å². The van der Waals surface area contributed by atoms with Crippen LogP contribution < -0.4 is 10.1 Å². The Morgan fingerprint density at radius 1 is 1.18 bits per heavy atom. The van der Waals surface area contributed by atoms with E-state index in [2.05, 4.69) is 28.4 Å². The van der Waals surface area contributed by atoms with Crippen molar-refractivity contribution in [1.29, 1.82) is 0 Å². The molecule has 0 saturated heterocycles. The van der Waals surface area contributed by atoms with Gasteiger partial charge in [0.1, 0.15) is 6.54 Å². The fraction of sp³-hybridized carbons (Fsp3) is 0.320. The lowest BCUT2D eigenvalue weighted by atomic mass is 10.2. The Kier molecular flexibility index (Phi) is 6.92. The molecule has 2 heterocycles. The van der Waals surface area contributed by atoms with E-state index in [9.17, 15) is 9.90 Å². The topological polar surface area (TPSA) is 102 Å². The van der Waals surface area contributed by atoms with Crippen LogP contribution in [0.25, 0.3) is 22.3 Å². The third kappa shape index (κ3) is 5.34. The van der Waals surface area contributed by atoms with Gasteiger partial charge in [-0.15, -0.1) is 0 Å². The Balaban J connectivity index is 1.18. The van der Waals surface area contributed by atoms with Crippen molar-refractivity contribution in [1.82, 2.24) is 20.0 Å². The molecule has 0 aliphatic heterocycles. The molecule has 0 fully saturated rings. The number of fused-ring (bicyclic) bond motifs is 1. The summed E-state index contributed by atoms with van der Waals surface area (Å²) in [6.07, 6.45) is 5.41. The number of hydrogen-bond acceptors (Lipinski definition) is 6. The summed E-state index contributed by atoms with van der Waals surface area (Å²) in [6.45, 7) is 3.02. The molecule has 0 radical (unpaired) electrons. The molecule has 0 atom stereocenters. The SMILES string of the molecule is COc1cc(-c2noc(CCCCCNC(=O)Cn3cc(C)c4ccccc43)n2)ccc1O. The van der Waals surface area contributed by atoms with Gasteiger partial charge in [-0.3, -0.25) is 4.79 Å². The molecule has 0 spiro atoms. The number of aromatic hydroxyl groups is 1. The molecular weight excluding hydrogens is 420 g/mol. The molecule has 4 aromatic rings. The highest BCUT2D eigenvalue weighted by Gasteiger charge is 2.12. The Bertz CT molecular complexity index is 1240. The molecule has 2 aromatic heterocycles. The van der Waals surface area contributed by atoms with Gasteiger partial charge in [0.25, 0.3) is 0 Å². The van der Waals surface area contributed by atoms with Crippen LogP contribution in [0, 0.1) is 6.92 Å². The second kappa shape index (κ2) is 10.2. The molecule has 0 saturated carbocycles. The van der Waals surface area contributed by atoms with Crippen molar-refractivity contribution in [3.63, 3.8) is 0 Å². The molecular formula is C25H28N4O4. The third-order valence-electron chi connectivity index (χ3n) is 5.60. The van der Waals surface area contributed by atoms with Gasteiger partial charge >= 0.3 is 0 Å². The summed E-state index contributed by atoms with van der Waals surface area (Å²) in [4.78, 5) is 16.8. The maximum atomic E-state index is 12.3. The quantitative estimate of drug-likeness (QED) is 0.352. The van der Waals surface area contributed by atoms with E-state index < -0.39 is 0 Å². The molecule has 1 amide bonds. The molecule has 172 valence electrons. The van der Waals surface area contributed by atoms with E-state index in [4.69, 9.17) is 9.26 Å². The fourth-order valence-electron chi connectivity index (χ4n) is 3.87. The molecule has 2 aromatic carbocycles. The molecule has 0 aliphatic carbocycles. The summed E-state index contributed by atoms with van der Waals surface area (Å²) in [5.41, 5.74) is 2.97. The van der Waals surface area contributed by atoms with Gasteiger partial charge in [-0.05, 0) is 49.6 Å². The van der Waals surface area contributed by atoms with E-state index in [1.54, 1.807) is 18.2 Å². The van der Waals surface area contributed by atoms with Crippen molar-refractivity contribution in [2.45, 2.75) is 39.2 Å². The number of phenols is 1. The van der Waals surface area contributed by atoms with Gasteiger partial charge in [0.15, 0.2) is 11.5 Å². The lowest BCUT2D eigenvalue weighted by Crippen LogP contribution is -2.28. The first kappa shape index (κ1) is 22.4. The Morgan fingerprint density at radius 3 is 2.88 bits per heavy atom. The molecule has 4 rings (SSSR count). The number of carbonyl (C=O) groups excluding carboxylic acids is 1. The van der Waals surface area contributed by atoms with Crippen molar-refractivity contribution < 1.29 is 19.2 Å². The van der Waals surface area contributed by atoms with E-state index >= 15 is 0 Å². The number of ether oxygens (including phenoxy) is 1. The highest BCUT2D eigenvalue weighted by molar-refractivity contribution is 5.85. The van der Waals surface area contributed by atoms with E-state index in [1.807, 2.05) is 29.0 Å². The summed E-state index contributed by atoms with van der Waals surface area (Å²) in [5.74, 6) is 1.47. The van der Waals surface area contributed by atoms with E-state index in [1.165, 1.54) is 18.1 Å². The van der Waals surface area contributed by atoms with Gasteiger partial charge in [-0.1, -0.05) is 29.8 Å². The minimum absolute atomic E-state index is 0.0154. The second-order valence-electron chi connectivity index (χ2n) is 8.02. The van der Waals surface area contributed by atoms with Crippen LogP contribution in [-0.4, -0.2) is 39.4 Å². The lowest BCUT2D eigenvalue weighted by Gasteiger charge is -2.07. The largest absolute Gasteiger partial charge is 0.504 e. The Hall–Kier alpha value is -3.81. The zero-order valence-corrected chi connectivity index (χ0v) is 18.9. The standard InChI is InChI=1S/C25H28N4O4/c1-17-15-29(20-9-6-5-8-19(17)20)16-23(31)26-13-7-3-4-10-24-27-25(28-33-24)18-11-12-21(30)22(14-18)32-2/h5-6,8-9,11-12,14-15,30H,3-4,7,10,13,16H2,1-2H3,(H,26,31). The normalized spacial score (nSPS) is 11.1. The average Bonchev–Trinajstić information content (AvgIpc) is 3.41. The van der Waals surface area contributed by atoms with Gasteiger partial charge in [0, 0.05) is 35.6 Å². The predicted octanol–water partition coefficient (Wildman–Crippen LogP) is 4.24. The van der Waals surface area contributed by atoms with Crippen molar-refractivity contribution in [3.8, 4) is 22.9 Å². The van der Waals surface area contributed by atoms with Crippen molar-refractivity contribution in [3.05, 3.63) is 60.1 Å². The average molecular weight is 449 g/mol. The zero-order valence-electron chi connectivity index (χ0n) is 18.9. The van der Waals surface area contributed by atoms with Crippen LogP contribution in [0.2, 0.25) is 0 Å². The molecule has 0 unspecified atom stereocenters. The number of aryl methyl sites for hydroxylation is 2. The second-order valence-corrected chi connectivity index (χ2v) is 8.02. The molecule has 2 N–H and O–H groups in total. The molecule has 8 nitrogen and oxygen atoms in total. The van der Waals surface area contributed by atoms with Crippen LogP contribution in [0.5, 0.6) is 11.5 Å². The van der Waals surface area contributed by atoms with Gasteiger partial charge in [0.2, 0.25) is 17.6 Å². The maximum absolute atomic E-state index is 12.3. The van der Waals surface area contributed by atoms with E-state index in [0.29, 0.717) is 42.5 Å². The smallest absolute Gasteiger partial charge is 0.239 e. The van der Waals surface area contributed by atoms with Crippen molar-refractivity contribution in [2.75, 3.05) is 13.7 Å². The first-order valence-electron chi connectivity index (χ1n) is 11.1. The van der Waals surface area contributed by atoms with Gasteiger partial charge in [-0.2, -0.15) is 4.98 Å². The molecule has 0 aliphatic rings. The van der Waals surface area contributed by atoms with Crippen LogP contribution in [0.3, 0.4) is 0 Å². The Morgan fingerprint density at radius 2 is 2.03 bits per heavy atom. The van der Waals surface area contributed by atoms with Gasteiger partial charge in [0.05, 0.1) is 7.11 Å². The summed E-state index contributed by atoms with van der Waals surface area (Å²) in [5, 5.41) is 17.9. The van der Waals surface area contributed by atoms with Gasteiger partial charge < -0.3 is 24.3 Å². The zero-order chi connectivity index (χ0) is 23.2. The molecule has 33 heavy (non-hydrogen) atoms. The number of para-hydroxylation sites is 1. The molecule has 8 heteroatoms. The molecule has 0 bridgehead atoms. The first-order valence-corrected chi connectivity index (χ1v) is 11.1. The number of methoxy groups -OCH3 is 1. The van der Waals surface area contributed by atoms with Crippen LogP contribution >= 0.6 is 0 Å². The third-order valence-corrected chi connectivity index (χ3v) is 5.60. The minimum Gasteiger partial charge on any atom is -0.504 e. The first-order chi connectivity index (χ1) is 16.0. The van der Waals surface area contributed by atoms with E-state index in [-0.39, 0.29) is 11.7 Å². The highest BCUT2D eigenvalue weighted by atomic mass is 16.5. The lowest BCUT2D eigenvalue weighted by molar-refractivity contribution is -0.121. The van der Waals surface area contributed by atoms with Gasteiger partial charge in [-0.25, -0.2) is 0 Å². The summed E-state index contributed by atoms with van der Waals surface area (Å²) in [6, 6.07) is 13.0. The number of rotatable bonds is 10. The number of hydrogen-bond donors (Lipinski definition) is 2. The minimum atomic E-state index is 0.0154. The number of benzene rings is 2. The monoisotopic (exact) mass is 448 g/mol. The number of nitrogens with zero attached hydrogens (tertiary/aromatic N) is 3. The van der Waals surface area contributed by atoms with Crippen molar-refractivity contribution >= 4 is 16.8 Å². The van der Waals surface area contributed by atoms with Crippen molar-refractivity contribution in [2.24, 2.45) is 0 Å². The highest BCUT2D eigenvalue weighted by Crippen LogP contribution is 2.30. The summed E-state index contributed by atoms with van der Waals surface area (Å²) >= 11 is 0. The maximum Gasteiger partial charge on any atom is 0.239 e. The number of phenolic OH excluding ortho intramolecular Hbond substituents is 1. The van der Waals surface area contributed by atoms with Crippen LogP contribution in [0.15, 0.2) is 53.2 Å². The summed E-state index contributed by atoms with van der Waals surface area (Å²) < 4.78 is 12.4. The number of unbranched alkanes of at least 4 members (excludes halogenated alkanes) is 2. The Labute approximate surface area is 192 Å². The predicted molar refractivity (Wildman–Crippen MR) is 125 cm³/mol. The number of amides is 1. The fourth-order valence-corrected chi connectivity index (χ4v) is 3.87. The number of nitrogens with one attached hydrogen (secondary N) is 1. The number of carbonyl (C=O) groups is 1.